The molecule has 0 radical (unpaired) electrons. The zero-order chi connectivity index (χ0) is 18.4. The van der Waals surface area contributed by atoms with Gasteiger partial charge in [0.1, 0.15) is 0 Å². The summed E-state index contributed by atoms with van der Waals surface area (Å²) in [5, 5.41) is 7.65. The van der Waals surface area contributed by atoms with Crippen LogP contribution in [0.4, 0.5) is 10.5 Å². The molecule has 2 amide bonds. The second-order valence-corrected chi connectivity index (χ2v) is 8.54. The molecule has 3 aliphatic rings. The Morgan fingerprint density at radius 3 is 2.48 bits per heavy atom. The van der Waals surface area contributed by atoms with Gasteiger partial charge < -0.3 is 10.1 Å². The van der Waals surface area contributed by atoms with Gasteiger partial charge in [0.05, 0.1) is 19.3 Å². The first kappa shape index (κ1) is 16.9. The molecule has 0 bridgehead atoms. The van der Waals surface area contributed by atoms with Crippen molar-refractivity contribution in [2.75, 3.05) is 18.5 Å². The maximum absolute atomic E-state index is 12.5. The molecular formula is C19H22N4O3S. The third-order valence-corrected chi connectivity index (χ3v) is 6.63. The van der Waals surface area contributed by atoms with Crippen LogP contribution in [0.3, 0.4) is 0 Å². The summed E-state index contributed by atoms with van der Waals surface area (Å²) in [6.45, 7) is 1.23. The second kappa shape index (κ2) is 6.76. The highest BCUT2D eigenvalue weighted by atomic mass is 32.2. The maximum atomic E-state index is 12.5. The molecule has 2 heterocycles. The fourth-order valence-electron chi connectivity index (χ4n) is 4.24. The van der Waals surface area contributed by atoms with Gasteiger partial charge in [-0.15, -0.1) is 0 Å². The number of rotatable bonds is 4. The van der Waals surface area contributed by atoms with Gasteiger partial charge in [-0.2, -0.15) is 5.10 Å². The molecule has 1 unspecified atom stereocenters. The predicted molar refractivity (Wildman–Crippen MR) is 101 cm³/mol. The molecule has 2 N–H and O–H groups in total. The van der Waals surface area contributed by atoms with Crippen molar-refractivity contribution in [1.82, 2.24) is 14.5 Å². The highest BCUT2D eigenvalue weighted by Crippen LogP contribution is 2.38. The summed E-state index contributed by atoms with van der Waals surface area (Å²) in [4.78, 5) is 12.5. The Balaban J connectivity index is 1.31. The SMILES string of the molecule is O=C(Nc1c2c(cc3c1CCC3)CCC2)NS(=O)c1ccn(C2COC2)n1. The van der Waals surface area contributed by atoms with E-state index in [9.17, 15) is 9.00 Å². The van der Waals surface area contributed by atoms with Crippen LogP contribution in [0, 0.1) is 0 Å². The Labute approximate surface area is 160 Å². The minimum atomic E-state index is -1.69. The number of amides is 2. The Kier molecular flexibility index (Phi) is 4.24. The summed E-state index contributed by atoms with van der Waals surface area (Å²) in [7, 11) is -1.69. The zero-order valence-corrected chi connectivity index (χ0v) is 15.8. The van der Waals surface area contributed by atoms with Crippen molar-refractivity contribution in [2.24, 2.45) is 0 Å². The van der Waals surface area contributed by atoms with Gasteiger partial charge in [0, 0.05) is 11.9 Å². The Bertz CT molecular complexity index is 903. The number of anilines is 1. The number of hydrogen-bond donors (Lipinski definition) is 2. The average Bonchev–Trinajstić information content (AvgIpc) is 3.32. The molecule has 8 heteroatoms. The van der Waals surface area contributed by atoms with Crippen molar-refractivity contribution < 1.29 is 13.7 Å². The first-order valence-electron chi connectivity index (χ1n) is 9.48. The standard InChI is InChI=1S/C19H22N4O3S/c24-19(22-27(25)17-7-8-23(21-17)14-10-26-11-14)20-18-15-5-1-3-12(15)9-13-4-2-6-16(13)18/h7-9,14H,1-6,10-11H2,(H2,20,22,24). The molecule has 0 saturated carbocycles. The van der Waals surface area contributed by atoms with Crippen LogP contribution in [0.15, 0.2) is 23.4 Å². The van der Waals surface area contributed by atoms with Crippen LogP contribution in [0.5, 0.6) is 0 Å². The van der Waals surface area contributed by atoms with Crippen molar-refractivity contribution in [3.63, 3.8) is 0 Å². The van der Waals surface area contributed by atoms with Crippen LogP contribution in [-0.4, -0.2) is 33.2 Å². The Hall–Kier alpha value is -2.19. The van der Waals surface area contributed by atoms with Gasteiger partial charge in [-0.1, -0.05) is 6.07 Å². The summed E-state index contributed by atoms with van der Waals surface area (Å²) < 4.78 is 21.9. The number of aromatic nitrogens is 2. The molecule has 2 aromatic rings. The van der Waals surface area contributed by atoms with Gasteiger partial charge in [-0.25, -0.2) is 9.00 Å². The highest BCUT2D eigenvalue weighted by molar-refractivity contribution is 7.83. The molecule has 27 heavy (non-hydrogen) atoms. The molecule has 1 fully saturated rings. The smallest absolute Gasteiger partial charge is 0.331 e. The lowest BCUT2D eigenvalue weighted by atomic mass is 9.99. The number of fused-ring (bicyclic) bond motifs is 2. The second-order valence-electron chi connectivity index (χ2n) is 7.38. The molecule has 5 rings (SSSR count). The summed E-state index contributed by atoms with van der Waals surface area (Å²) in [6.07, 6.45) is 8.17. The number of ether oxygens (including phenoxy) is 1. The van der Waals surface area contributed by atoms with E-state index in [-0.39, 0.29) is 6.04 Å². The molecule has 1 aromatic heterocycles. The number of carbonyl (C=O) groups is 1. The zero-order valence-electron chi connectivity index (χ0n) is 15.0. The van der Waals surface area contributed by atoms with Gasteiger partial charge >= 0.3 is 6.03 Å². The van der Waals surface area contributed by atoms with Crippen LogP contribution in [0.2, 0.25) is 0 Å². The van der Waals surface area contributed by atoms with Crippen molar-refractivity contribution in [1.29, 1.82) is 0 Å². The van der Waals surface area contributed by atoms with Crippen LogP contribution >= 0.6 is 0 Å². The molecule has 7 nitrogen and oxygen atoms in total. The molecule has 0 spiro atoms. The summed E-state index contributed by atoms with van der Waals surface area (Å²) in [5.41, 5.74) is 6.17. The largest absolute Gasteiger partial charge is 0.377 e. The van der Waals surface area contributed by atoms with E-state index in [1.165, 1.54) is 22.3 Å². The van der Waals surface area contributed by atoms with Gasteiger partial charge in [-0.3, -0.25) is 9.40 Å². The first-order valence-corrected chi connectivity index (χ1v) is 10.6. The quantitative estimate of drug-likeness (QED) is 0.844. The number of nitrogens with one attached hydrogen (secondary N) is 2. The maximum Gasteiger partial charge on any atom is 0.331 e. The van der Waals surface area contributed by atoms with E-state index in [1.807, 2.05) is 0 Å². The van der Waals surface area contributed by atoms with E-state index < -0.39 is 17.0 Å². The van der Waals surface area contributed by atoms with Gasteiger partial charge in [0.25, 0.3) is 0 Å². The third kappa shape index (κ3) is 3.06. The summed E-state index contributed by atoms with van der Waals surface area (Å²) in [6, 6.07) is 3.75. The van der Waals surface area contributed by atoms with Crippen molar-refractivity contribution in [3.8, 4) is 0 Å². The van der Waals surface area contributed by atoms with E-state index in [0.717, 1.165) is 44.2 Å². The number of benzene rings is 1. The number of carbonyl (C=O) groups excluding carboxylic acids is 1. The summed E-state index contributed by atoms with van der Waals surface area (Å²) in [5.74, 6) is 0. The molecule has 1 aromatic carbocycles. The van der Waals surface area contributed by atoms with Crippen LogP contribution in [0.1, 0.15) is 41.1 Å². The monoisotopic (exact) mass is 386 g/mol. The van der Waals surface area contributed by atoms with Crippen molar-refractivity contribution in [2.45, 2.75) is 49.6 Å². The van der Waals surface area contributed by atoms with E-state index in [4.69, 9.17) is 4.74 Å². The molecule has 2 aliphatic carbocycles. The Morgan fingerprint density at radius 2 is 1.85 bits per heavy atom. The van der Waals surface area contributed by atoms with Gasteiger partial charge in [0.15, 0.2) is 16.0 Å². The molecule has 1 aliphatic heterocycles. The highest BCUT2D eigenvalue weighted by Gasteiger charge is 2.26. The van der Waals surface area contributed by atoms with Crippen LogP contribution < -0.4 is 10.0 Å². The minimum absolute atomic E-state index is 0.194. The van der Waals surface area contributed by atoms with Gasteiger partial charge in [-0.05, 0) is 66.8 Å². The fourth-order valence-corrected chi connectivity index (χ4v) is 4.92. The topological polar surface area (TPSA) is 85.2 Å². The lowest BCUT2D eigenvalue weighted by Crippen LogP contribution is -2.32. The minimum Gasteiger partial charge on any atom is -0.377 e. The van der Waals surface area contributed by atoms with E-state index >= 15 is 0 Å². The van der Waals surface area contributed by atoms with E-state index in [1.54, 1.807) is 16.9 Å². The number of urea groups is 1. The number of aryl methyl sites for hydroxylation is 2. The third-order valence-electron chi connectivity index (χ3n) is 5.67. The first-order chi connectivity index (χ1) is 13.2. The van der Waals surface area contributed by atoms with Crippen molar-refractivity contribution in [3.05, 3.63) is 40.6 Å². The van der Waals surface area contributed by atoms with E-state index in [2.05, 4.69) is 21.2 Å². The number of hydrogen-bond acceptors (Lipinski definition) is 4. The number of nitrogens with zero attached hydrogens (tertiary/aromatic N) is 2. The fraction of sp³-hybridized carbons (Fsp3) is 0.474. The predicted octanol–water partition coefficient (Wildman–Crippen LogP) is 2.28. The lowest BCUT2D eigenvalue weighted by Gasteiger charge is -2.25. The molecule has 1 saturated heterocycles. The van der Waals surface area contributed by atoms with E-state index in [0.29, 0.717) is 18.2 Å². The summed E-state index contributed by atoms with van der Waals surface area (Å²) >= 11 is 0. The molecular weight excluding hydrogens is 364 g/mol. The normalized spacial score (nSPS) is 19.3. The lowest BCUT2D eigenvalue weighted by molar-refractivity contribution is -0.0291. The van der Waals surface area contributed by atoms with Crippen molar-refractivity contribution >= 4 is 22.7 Å². The average molecular weight is 386 g/mol. The molecule has 1 atom stereocenters. The van der Waals surface area contributed by atoms with Gasteiger partial charge in [0.2, 0.25) is 0 Å². The Morgan fingerprint density at radius 1 is 1.15 bits per heavy atom. The van der Waals surface area contributed by atoms with Crippen LogP contribution in [0.25, 0.3) is 0 Å². The van der Waals surface area contributed by atoms with Crippen LogP contribution in [-0.2, 0) is 41.4 Å². The molecule has 142 valence electrons.